The number of nitrogens with zero attached hydrogens (tertiary/aromatic N) is 1. The molecule has 0 atom stereocenters. The Hall–Kier alpha value is -2.99. The summed E-state index contributed by atoms with van der Waals surface area (Å²) in [6, 6.07) is 16.9. The number of rotatable bonds is 7. The first-order valence-electron chi connectivity index (χ1n) is 8.14. The van der Waals surface area contributed by atoms with E-state index in [1.165, 1.54) is 12.1 Å². The Morgan fingerprint density at radius 3 is 2.50 bits per heavy atom. The number of anilines is 1. The zero-order chi connectivity index (χ0) is 18.4. The minimum Gasteiger partial charge on any atom is -0.468 e. The summed E-state index contributed by atoms with van der Waals surface area (Å²) < 4.78 is 32.4. The third kappa shape index (κ3) is 4.77. The predicted molar refractivity (Wildman–Crippen MR) is 94.3 cm³/mol. The van der Waals surface area contributed by atoms with Crippen molar-refractivity contribution < 1.29 is 18.0 Å². The van der Waals surface area contributed by atoms with Crippen molar-refractivity contribution in [2.45, 2.75) is 13.1 Å². The van der Waals surface area contributed by atoms with Gasteiger partial charge in [-0.3, -0.25) is 9.69 Å². The SMILES string of the molecule is O=C(CN(Cc1ccccc1)Cc1ccco1)Nc1cccc(F)c1F. The molecule has 0 radical (unpaired) electrons. The van der Waals surface area contributed by atoms with Crippen molar-refractivity contribution >= 4 is 11.6 Å². The number of nitrogens with one attached hydrogen (secondary N) is 1. The Morgan fingerprint density at radius 1 is 0.962 bits per heavy atom. The second kappa shape index (κ2) is 8.40. The lowest BCUT2D eigenvalue weighted by atomic mass is 10.2. The van der Waals surface area contributed by atoms with Crippen LogP contribution in [0.4, 0.5) is 14.5 Å². The van der Waals surface area contributed by atoms with E-state index in [1.807, 2.05) is 41.3 Å². The summed E-state index contributed by atoms with van der Waals surface area (Å²) >= 11 is 0. The third-order valence-electron chi connectivity index (χ3n) is 3.80. The molecule has 2 aromatic carbocycles. The average Bonchev–Trinajstić information content (AvgIpc) is 3.13. The lowest BCUT2D eigenvalue weighted by Crippen LogP contribution is -2.32. The van der Waals surface area contributed by atoms with E-state index in [9.17, 15) is 13.6 Å². The van der Waals surface area contributed by atoms with Crippen LogP contribution in [-0.2, 0) is 17.9 Å². The molecule has 0 bridgehead atoms. The Morgan fingerprint density at radius 2 is 1.77 bits per heavy atom. The van der Waals surface area contributed by atoms with Crippen LogP contribution in [0.25, 0.3) is 0 Å². The topological polar surface area (TPSA) is 45.5 Å². The fourth-order valence-electron chi connectivity index (χ4n) is 2.63. The smallest absolute Gasteiger partial charge is 0.238 e. The average molecular weight is 356 g/mol. The van der Waals surface area contributed by atoms with E-state index in [1.54, 1.807) is 12.3 Å². The van der Waals surface area contributed by atoms with Gasteiger partial charge < -0.3 is 9.73 Å². The second-order valence-corrected chi connectivity index (χ2v) is 5.86. The van der Waals surface area contributed by atoms with E-state index in [0.717, 1.165) is 11.6 Å². The molecule has 0 aliphatic heterocycles. The van der Waals surface area contributed by atoms with E-state index in [-0.39, 0.29) is 12.2 Å². The number of carbonyl (C=O) groups excluding carboxylic acids is 1. The van der Waals surface area contributed by atoms with E-state index in [2.05, 4.69) is 5.32 Å². The zero-order valence-corrected chi connectivity index (χ0v) is 14.0. The van der Waals surface area contributed by atoms with Crippen LogP contribution in [0, 0.1) is 11.6 Å². The summed E-state index contributed by atoms with van der Waals surface area (Å²) in [5, 5.41) is 2.42. The molecule has 1 amide bonds. The van der Waals surface area contributed by atoms with Crippen molar-refractivity contribution in [1.29, 1.82) is 0 Å². The maximum Gasteiger partial charge on any atom is 0.238 e. The van der Waals surface area contributed by atoms with Crippen LogP contribution >= 0.6 is 0 Å². The fourth-order valence-corrected chi connectivity index (χ4v) is 2.63. The van der Waals surface area contributed by atoms with E-state index >= 15 is 0 Å². The minimum absolute atomic E-state index is 0.00550. The van der Waals surface area contributed by atoms with Crippen LogP contribution in [0.15, 0.2) is 71.3 Å². The maximum atomic E-state index is 13.7. The molecule has 26 heavy (non-hydrogen) atoms. The van der Waals surface area contributed by atoms with Crippen LogP contribution < -0.4 is 5.32 Å². The van der Waals surface area contributed by atoms with Crippen LogP contribution in [0.1, 0.15) is 11.3 Å². The van der Waals surface area contributed by atoms with Gasteiger partial charge in [-0.15, -0.1) is 0 Å². The lowest BCUT2D eigenvalue weighted by Gasteiger charge is -2.21. The number of hydrogen-bond acceptors (Lipinski definition) is 3. The first-order valence-corrected chi connectivity index (χ1v) is 8.14. The van der Waals surface area contributed by atoms with Gasteiger partial charge >= 0.3 is 0 Å². The fraction of sp³-hybridized carbons (Fsp3) is 0.150. The maximum absolute atomic E-state index is 13.7. The van der Waals surface area contributed by atoms with Gasteiger partial charge in [0, 0.05) is 6.54 Å². The zero-order valence-electron chi connectivity index (χ0n) is 14.0. The molecule has 4 nitrogen and oxygen atoms in total. The Labute approximate surface area is 150 Å². The number of halogens is 2. The van der Waals surface area contributed by atoms with E-state index in [0.29, 0.717) is 18.8 Å². The van der Waals surface area contributed by atoms with Crippen molar-refractivity contribution in [2.24, 2.45) is 0 Å². The molecular weight excluding hydrogens is 338 g/mol. The predicted octanol–water partition coefficient (Wildman–Crippen LogP) is 4.20. The molecular formula is C20H18F2N2O2. The summed E-state index contributed by atoms with van der Waals surface area (Å²) in [6.07, 6.45) is 1.57. The third-order valence-corrected chi connectivity index (χ3v) is 3.80. The summed E-state index contributed by atoms with van der Waals surface area (Å²) in [5.74, 6) is -1.79. The highest BCUT2D eigenvalue weighted by atomic mass is 19.2. The molecule has 1 aromatic heterocycles. The monoisotopic (exact) mass is 356 g/mol. The van der Waals surface area contributed by atoms with Gasteiger partial charge in [-0.25, -0.2) is 8.78 Å². The van der Waals surface area contributed by atoms with Crippen molar-refractivity contribution in [3.05, 3.63) is 89.9 Å². The van der Waals surface area contributed by atoms with Gasteiger partial charge in [-0.05, 0) is 29.8 Å². The molecule has 0 fully saturated rings. The van der Waals surface area contributed by atoms with Gasteiger partial charge in [0.05, 0.1) is 25.0 Å². The number of hydrogen-bond donors (Lipinski definition) is 1. The lowest BCUT2D eigenvalue weighted by molar-refractivity contribution is -0.117. The molecule has 0 saturated carbocycles. The van der Waals surface area contributed by atoms with Gasteiger partial charge in [0.25, 0.3) is 0 Å². The number of furan rings is 1. The van der Waals surface area contributed by atoms with Gasteiger partial charge in [-0.1, -0.05) is 36.4 Å². The molecule has 134 valence electrons. The summed E-state index contributed by atoms with van der Waals surface area (Å²) in [7, 11) is 0. The second-order valence-electron chi connectivity index (χ2n) is 5.86. The summed E-state index contributed by atoms with van der Waals surface area (Å²) in [5.41, 5.74) is 0.858. The van der Waals surface area contributed by atoms with Gasteiger partial charge in [0.15, 0.2) is 11.6 Å². The summed E-state index contributed by atoms with van der Waals surface area (Å²) in [4.78, 5) is 14.2. The Kier molecular flexibility index (Phi) is 5.76. The normalized spacial score (nSPS) is 10.9. The quantitative estimate of drug-likeness (QED) is 0.690. The molecule has 6 heteroatoms. The first kappa shape index (κ1) is 17.8. The molecule has 0 unspecified atom stereocenters. The Bertz CT molecular complexity index is 852. The van der Waals surface area contributed by atoms with Crippen LogP contribution in [-0.4, -0.2) is 17.4 Å². The minimum atomic E-state index is -1.07. The van der Waals surface area contributed by atoms with Crippen molar-refractivity contribution in [3.8, 4) is 0 Å². The number of carbonyl (C=O) groups is 1. The van der Waals surface area contributed by atoms with Gasteiger partial charge in [0.1, 0.15) is 5.76 Å². The molecule has 3 rings (SSSR count). The summed E-state index contributed by atoms with van der Waals surface area (Å²) in [6.45, 7) is 0.938. The molecule has 3 aromatic rings. The molecule has 0 aliphatic rings. The van der Waals surface area contributed by atoms with Gasteiger partial charge in [-0.2, -0.15) is 0 Å². The first-order chi connectivity index (χ1) is 12.6. The van der Waals surface area contributed by atoms with E-state index in [4.69, 9.17) is 4.42 Å². The molecule has 1 heterocycles. The largest absolute Gasteiger partial charge is 0.468 e. The highest BCUT2D eigenvalue weighted by molar-refractivity contribution is 5.92. The standard InChI is InChI=1S/C20H18F2N2O2/c21-17-9-4-10-18(20(17)22)23-19(25)14-24(13-16-8-5-11-26-16)12-15-6-2-1-3-7-15/h1-11H,12-14H2,(H,23,25). The Balaban J connectivity index is 1.69. The number of amides is 1. The van der Waals surface area contributed by atoms with Crippen LogP contribution in [0.2, 0.25) is 0 Å². The van der Waals surface area contributed by atoms with Gasteiger partial charge in [0.2, 0.25) is 5.91 Å². The van der Waals surface area contributed by atoms with Crippen LogP contribution in [0.3, 0.4) is 0 Å². The number of benzene rings is 2. The highest BCUT2D eigenvalue weighted by Crippen LogP contribution is 2.17. The van der Waals surface area contributed by atoms with Crippen LogP contribution in [0.5, 0.6) is 0 Å². The van der Waals surface area contributed by atoms with E-state index < -0.39 is 17.5 Å². The molecule has 0 saturated heterocycles. The molecule has 0 spiro atoms. The van der Waals surface area contributed by atoms with Crippen molar-refractivity contribution in [3.63, 3.8) is 0 Å². The van der Waals surface area contributed by atoms with Crippen molar-refractivity contribution in [2.75, 3.05) is 11.9 Å². The van der Waals surface area contributed by atoms with Crippen molar-refractivity contribution in [1.82, 2.24) is 4.90 Å². The molecule has 1 N–H and O–H groups in total. The highest BCUT2D eigenvalue weighted by Gasteiger charge is 2.16. The molecule has 0 aliphatic carbocycles.